The number of benzene rings is 2. The smallest absolute Gasteiger partial charge is 0.315 e. The van der Waals surface area contributed by atoms with Crippen molar-refractivity contribution in [2.45, 2.75) is 38.5 Å². The predicted octanol–water partition coefficient (Wildman–Crippen LogP) is 3.40. The Kier molecular flexibility index (Phi) is 6.77. The van der Waals surface area contributed by atoms with Crippen LogP contribution in [0, 0.1) is 0 Å². The fourth-order valence-corrected chi connectivity index (χ4v) is 3.94. The number of amides is 2. The number of hydrogen-bond acceptors (Lipinski definition) is 3. The molecule has 6 nitrogen and oxygen atoms in total. The highest BCUT2D eigenvalue weighted by atomic mass is 16.2. The summed E-state index contributed by atoms with van der Waals surface area (Å²) in [5.74, 6) is 0. The molecule has 2 N–H and O–H groups in total. The minimum atomic E-state index is -0.0922. The lowest BCUT2D eigenvalue weighted by molar-refractivity contribution is 0.186. The van der Waals surface area contributed by atoms with Crippen molar-refractivity contribution < 1.29 is 4.79 Å². The number of urea groups is 1. The van der Waals surface area contributed by atoms with Crippen LogP contribution in [-0.4, -0.2) is 39.8 Å². The van der Waals surface area contributed by atoms with Crippen LogP contribution < -0.4 is 10.6 Å². The highest BCUT2D eigenvalue weighted by Gasteiger charge is 2.20. The maximum absolute atomic E-state index is 12.4. The van der Waals surface area contributed by atoms with Crippen LogP contribution in [0.25, 0.3) is 0 Å². The second-order valence-electron chi connectivity index (χ2n) is 7.84. The normalized spacial score (nSPS) is 15.1. The van der Waals surface area contributed by atoms with Crippen molar-refractivity contribution in [2.75, 3.05) is 13.1 Å². The van der Waals surface area contributed by atoms with Gasteiger partial charge in [0.2, 0.25) is 0 Å². The van der Waals surface area contributed by atoms with Crippen LogP contribution >= 0.6 is 0 Å². The Morgan fingerprint density at radius 1 is 0.933 bits per heavy atom. The van der Waals surface area contributed by atoms with Gasteiger partial charge in [-0.25, -0.2) is 4.79 Å². The van der Waals surface area contributed by atoms with E-state index in [1.807, 2.05) is 35.1 Å². The van der Waals surface area contributed by atoms with E-state index in [1.54, 1.807) is 6.20 Å². The van der Waals surface area contributed by atoms with E-state index < -0.39 is 0 Å². The molecule has 156 valence electrons. The third-order valence-electron chi connectivity index (χ3n) is 5.62. The number of likely N-dealkylation sites (tertiary alicyclic amines) is 1. The first-order valence-electron chi connectivity index (χ1n) is 10.6. The molecular weight excluding hydrogens is 374 g/mol. The van der Waals surface area contributed by atoms with Crippen LogP contribution in [0.5, 0.6) is 0 Å². The van der Waals surface area contributed by atoms with Crippen LogP contribution in [-0.2, 0) is 19.6 Å². The molecule has 2 amide bonds. The van der Waals surface area contributed by atoms with Gasteiger partial charge in [0.05, 0.1) is 6.54 Å². The van der Waals surface area contributed by atoms with Crippen molar-refractivity contribution in [3.63, 3.8) is 0 Å². The van der Waals surface area contributed by atoms with Gasteiger partial charge < -0.3 is 10.6 Å². The molecule has 0 spiro atoms. The fraction of sp³-hybridized carbons (Fsp3) is 0.333. The van der Waals surface area contributed by atoms with Gasteiger partial charge in [-0.1, -0.05) is 54.6 Å². The Labute approximate surface area is 177 Å². The molecular formula is C24H29N5O. The van der Waals surface area contributed by atoms with Crippen LogP contribution in [0.4, 0.5) is 4.79 Å². The maximum Gasteiger partial charge on any atom is 0.315 e. The minimum Gasteiger partial charge on any atom is -0.335 e. The highest BCUT2D eigenvalue weighted by molar-refractivity contribution is 5.74. The molecule has 0 saturated carbocycles. The van der Waals surface area contributed by atoms with Crippen LogP contribution in [0.1, 0.15) is 29.5 Å². The fourth-order valence-electron chi connectivity index (χ4n) is 3.94. The molecule has 1 saturated heterocycles. The van der Waals surface area contributed by atoms with Gasteiger partial charge in [-0.15, -0.1) is 0 Å². The molecule has 1 aliphatic heterocycles. The molecule has 1 aliphatic rings. The average molecular weight is 404 g/mol. The van der Waals surface area contributed by atoms with Crippen molar-refractivity contribution in [1.29, 1.82) is 0 Å². The largest absolute Gasteiger partial charge is 0.335 e. The minimum absolute atomic E-state index is 0.0922. The molecule has 0 unspecified atom stereocenters. The number of rotatable bonds is 7. The molecule has 0 radical (unpaired) electrons. The molecule has 3 aromatic rings. The summed E-state index contributed by atoms with van der Waals surface area (Å²) >= 11 is 0. The van der Waals surface area contributed by atoms with E-state index in [0.717, 1.165) is 43.6 Å². The van der Waals surface area contributed by atoms with E-state index in [9.17, 15) is 4.79 Å². The van der Waals surface area contributed by atoms with Gasteiger partial charge in [0, 0.05) is 44.6 Å². The zero-order chi connectivity index (χ0) is 20.6. The summed E-state index contributed by atoms with van der Waals surface area (Å²) in [7, 11) is 0. The summed E-state index contributed by atoms with van der Waals surface area (Å²) in [5.41, 5.74) is 3.62. The van der Waals surface area contributed by atoms with Crippen LogP contribution in [0.15, 0.2) is 73.1 Å². The molecule has 2 aromatic carbocycles. The first-order chi connectivity index (χ1) is 14.8. The lowest BCUT2D eigenvalue weighted by atomic mass is 10.0. The zero-order valence-corrected chi connectivity index (χ0v) is 17.2. The third kappa shape index (κ3) is 5.70. The van der Waals surface area contributed by atoms with Crippen molar-refractivity contribution in [3.8, 4) is 0 Å². The Morgan fingerprint density at radius 3 is 2.40 bits per heavy atom. The van der Waals surface area contributed by atoms with Crippen molar-refractivity contribution in [2.24, 2.45) is 0 Å². The van der Waals surface area contributed by atoms with Crippen molar-refractivity contribution >= 4 is 6.03 Å². The quantitative estimate of drug-likeness (QED) is 0.636. The van der Waals surface area contributed by atoms with Gasteiger partial charge >= 0.3 is 6.03 Å². The summed E-state index contributed by atoms with van der Waals surface area (Å²) in [4.78, 5) is 14.9. The van der Waals surface area contributed by atoms with Crippen molar-refractivity contribution in [3.05, 3.63) is 89.7 Å². The molecule has 0 bridgehead atoms. The zero-order valence-electron chi connectivity index (χ0n) is 17.2. The first-order valence-corrected chi connectivity index (χ1v) is 10.6. The van der Waals surface area contributed by atoms with Gasteiger partial charge in [0.15, 0.2) is 0 Å². The van der Waals surface area contributed by atoms with Crippen molar-refractivity contribution in [1.82, 2.24) is 25.3 Å². The maximum atomic E-state index is 12.4. The van der Waals surface area contributed by atoms with E-state index in [-0.39, 0.29) is 12.1 Å². The summed E-state index contributed by atoms with van der Waals surface area (Å²) in [6.07, 6.45) is 5.69. The predicted molar refractivity (Wildman–Crippen MR) is 118 cm³/mol. The summed E-state index contributed by atoms with van der Waals surface area (Å²) < 4.78 is 1.89. The molecule has 1 fully saturated rings. The monoisotopic (exact) mass is 403 g/mol. The Balaban J connectivity index is 1.21. The second kappa shape index (κ2) is 10.1. The number of carbonyl (C=O) groups is 1. The highest BCUT2D eigenvalue weighted by Crippen LogP contribution is 2.14. The molecule has 30 heavy (non-hydrogen) atoms. The van der Waals surface area contributed by atoms with E-state index >= 15 is 0 Å². The van der Waals surface area contributed by atoms with Gasteiger partial charge in [0.25, 0.3) is 0 Å². The average Bonchev–Trinajstić information content (AvgIpc) is 3.28. The first kappa shape index (κ1) is 20.2. The summed E-state index contributed by atoms with van der Waals surface area (Å²) in [5, 5.41) is 10.4. The topological polar surface area (TPSA) is 62.2 Å². The SMILES string of the molecule is O=C(NCc1ccccc1Cn1cccn1)NC1CCN(Cc2ccccc2)CC1. The Bertz CT molecular complexity index is 918. The van der Waals surface area contributed by atoms with E-state index in [2.05, 4.69) is 57.0 Å². The third-order valence-corrected chi connectivity index (χ3v) is 5.62. The van der Waals surface area contributed by atoms with E-state index in [4.69, 9.17) is 0 Å². The number of nitrogens with zero attached hydrogens (tertiary/aromatic N) is 3. The second-order valence-corrected chi connectivity index (χ2v) is 7.84. The van der Waals surface area contributed by atoms with E-state index in [0.29, 0.717) is 13.1 Å². The summed E-state index contributed by atoms with van der Waals surface area (Å²) in [6.45, 7) is 4.20. The molecule has 1 aromatic heterocycles. The number of hydrogen-bond donors (Lipinski definition) is 2. The molecule has 2 heterocycles. The van der Waals surface area contributed by atoms with Gasteiger partial charge in [-0.05, 0) is 35.6 Å². The summed E-state index contributed by atoms with van der Waals surface area (Å²) in [6, 6.07) is 20.8. The molecule has 0 atom stereocenters. The standard InChI is InChI=1S/C24H29N5O/c30-24(25-17-21-9-4-5-10-22(21)19-29-14-6-13-26-29)27-23-11-15-28(16-12-23)18-20-7-2-1-3-8-20/h1-10,13-14,23H,11-12,15-19H2,(H2,25,27,30). The molecule has 6 heteroatoms. The lowest BCUT2D eigenvalue weighted by Crippen LogP contribution is -2.47. The van der Waals surface area contributed by atoms with Gasteiger partial charge in [-0.3, -0.25) is 9.58 Å². The van der Waals surface area contributed by atoms with Gasteiger partial charge in [0.1, 0.15) is 0 Å². The molecule has 0 aliphatic carbocycles. The van der Waals surface area contributed by atoms with E-state index in [1.165, 1.54) is 5.56 Å². The van der Waals surface area contributed by atoms with Gasteiger partial charge in [-0.2, -0.15) is 5.10 Å². The number of nitrogens with one attached hydrogen (secondary N) is 2. The molecule has 4 rings (SSSR count). The number of carbonyl (C=O) groups excluding carboxylic acids is 1. The Hall–Kier alpha value is -3.12. The van der Waals surface area contributed by atoms with Crippen LogP contribution in [0.2, 0.25) is 0 Å². The number of piperidine rings is 1. The Morgan fingerprint density at radius 2 is 1.67 bits per heavy atom. The lowest BCUT2D eigenvalue weighted by Gasteiger charge is -2.32. The van der Waals surface area contributed by atoms with Crippen LogP contribution in [0.3, 0.4) is 0 Å². The number of aromatic nitrogens is 2.